The van der Waals surface area contributed by atoms with Crippen molar-refractivity contribution in [1.29, 1.82) is 0 Å². The number of carbonyl (C=O) groups is 1. The van der Waals surface area contributed by atoms with E-state index in [1.165, 1.54) is 7.11 Å². The molecule has 0 aliphatic carbocycles. The lowest BCUT2D eigenvalue weighted by Crippen LogP contribution is -2.10. The number of hydrogen-bond donors (Lipinski definition) is 1. The summed E-state index contributed by atoms with van der Waals surface area (Å²) in [5.74, 6) is -0.424. The van der Waals surface area contributed by atoms with E-state index < -0.39 is 5.97 Å². The van der Waals surface area contributed by atoms with E-state index in [2.05, 4.69) is 5.10 Å². The second kappa shape index (κ2) is 4.76. The third kappa shape index (κ3) is 2.19. The molecule has 0 saturated heterocycles. The summed E-state index contributed by atoms with van der Waals surface area (Å²) in [5.41, 5.74) is 10.4. The fourth-order valence-corrected chi connectivity index (χ4v) is 1.97. The Morgan fingerprint density at radius 3 is 2.53 bits per heavy atom. The molecular weight excluding hydrogens is 242 g/mol. The fourth-order valence-electron chi connectivity index (χ4n) is 1.97. The molecule has 0 amide bonds. The van der Waals surface area contributed by atoms with Crippen LogP contribution in [0.15, 0.2) is 18.2 Å². The Hall–Kier alpha value is -2.30. The van der Waals surface area contributed by atoms with Crippen LogP contribution in [-0.2, 0) is 4.74 Å². The van der Waals surface area contributed by atoms with Gasteiger partial charge in [0.25, 0.3) is 0 Å². The fraction of sp³-hybridized carbons (Fsp3) is 0.286. The molecule has 100 valence electrons. The van der Waals surface area contributed by atoms with E-state index in [9.17, 15) is 4.79 Å². The maximum atomic E-state index is 11.8. The molecule has 0 spiro atoms. The van der Waals surface area contributed by atoms with E-state index in [0.29, 0.717) is 16.9 Å². The number of esters is 1. The van der Waals surface area contributed by atoms with Gasteiger partial charge in [-0.15, -0.1) is 0 Å². The normalized spacial score (nSPS) is 10.5. The molecule has 5 heteroatoms. The van der Waals surface area contributed by atoms with Crippen LogP contribution < -0.4 is 5.73 Å². The molecule has 0 fully saturated rings. The van der Waals surface area contributed by atoms with Crippen LogP contribution in [0.25, 0.3) is 5.69 Å². The summed E-state index contributed by atoms with van der Waals surface area (Å²) >= 11 is 0. The van der Waals surface area contributed by atoms with Gasteiger partial charge >= 0.3 is 5.97 Å². The first kappa shape index (κ1) is 13.1. The number of benzene rings is 1. The summed E-state index contributed by atoms with van der Waals surface area (Å²) in [5, 5.41) is 4.46. The highest BCUT2D eigenvalue weighted by Crippen LogP contribution is 2.22. The van der Waals surface area contributed by atoms with E-state index in [1.807, 2.05) is 20.8 Å². The van der Waals surface area contributed by atoms with E-state index in [4.69, 9.17) is 10.5 Å². The zero-order valence-electron chi connectivity index (χ0n) is 11.5. The first-order chi connectivity index (χ1) is 8.95. The van der Waals surface area contributed by atoms with Gasteiger partial charge in [0.05, 0.1) is 24.1 Å². The van der Waals surface area contributed by atoms with Gasteiger partial charge in [-0.2, -0.15) is 5.10 Å². The number of aryl methyl sites for hydroxylation is 1. The van der Waals surface area contributed by atoms with Gasteiger partial charge in [0.2, 0.25) is 0 Å². The molecule has 0 aliphatic rings. The van der Waals surface area contributed by atoms with Crippen molar-refractivity contribution in [1.82, 2.24) is 9.78 Å². The molecule has 5 nitrogen and oxygen atoms in total. The summed E-state index contributed by atoms with van der Waals surface area (Å²) in [7, 11) is 1.35. The number of rotatable bonds is 2. The first-order valence-electron chi connectivity index (χ1n) is 5.96. The van der Waals surface area contributed by atoms with Gasteiger partial charge in [0.1, 0.15) is 0 Å². The number of nitrogen functional groups attached to an aromatic ring is 1. The minimum atomic E-state index is -0.424. The van der Waals surface area contributed by atoms with Crippen molar-refractivity contribution >= 4 is 11.7 Å². The van der Waals surface area contributed by atoms with Crippen LogP contribution >= 0.6 is 0 Å². The van der Waals surface area contributed by atoms with Gasteiger partial charge in [-0.25, -0.2) is 9.48 Å². The summed E-state index contributed by atoms with van der Waals surface area (Å²) < 4.78 is 6.54. The second-order valence-corrected chi connectivity index (χ2v) is 4.48. The number of carbonyl (C=O) groups excluding carboxylic acids is 1. The molecular formula is C14H17N3O2. The summed E-state index contributed by atoms with van der Waals surface area (Å²) in [6.07, 6.45) is 0. The van der Waals surface area contributed by atoms with Crippen LogP contribution in [0.1, 0.15) is 27.3 Å². The molecule has 0 saturated carbocycles. The van der Waals surface area contributed by atoms with Gasteiger partial charge in [0, 0.05) is 11.4 Å². The SMILES string of the molecule is COC(=O)c1cc(N)ccc1-n1nc(C)c(C)c1C. The van der Waals surface area contributed by atoms with Crippen molar-refractivity contribution in [2.24, 2.45) is 0 Å². The summed E-state index contributed by atoms with van der Waals surface area (Å²) in [4.78, 5) is 11.8. The number of nitrogens with zero attached hydrogens (tertiary/aromatic N) is 2. The summed E-state index contributed by atoms with van der Waals surface area (Å²) in [6.45, 7) is 5.91. The zero-order chi connectivity index (χ0) is 14.2. The molecule has 1 aromatic carbocycles. The molecule has 0 radical (unpaired) electrons. The average Bonchev–Trinajstić information content (AvgIpc) is 2.65. The number of methoxy groups -OCH3 is 1. The van der Waals surface area contributed by atoms with Crippen molar-refractivity contribution in [3.63, 3.8) is 0 Å². The average molecular weight is 259 g/mol. The van der Waals surface area contributed by atoms with E-state index in [1.54, 1.807) is 22.9 Å². The number of hydrogen-bond acceptors (Lipinski definition) is 4. The van der Waals surface area contributed by atoms with Crippen molar-refractivity contribution in [2.75, 3.05) is 12.8 Å². The van der Waals surface area contributed by atoms with Crippen molar-refractivity contribution in [3.05, 3.63) is 40.7 Å². The van der Waals surface area contributed by atoms with Crippen molar-refractivity contribution < 1.29 is 9.53 Å². The number of nitrogens with two attached hydrogens (primary N) is 1. The number of ether oxygens (including phenoxy) is 1. The highest BCUT2D eigenvalue weighted by Gasteiger charge is 2.17. The predicted octanol–water partition coefficient (Wildman–Crippen LogP) is 2.17. The Morgan fingerprint density at radius 1 is 1.32 bits per heavy atom. The molecule has 0 atom stereocenters. The number of anilines is 1. The van der Waals surface area contributed by atoms with Crippen molar-refractivity contribution in [2.45, 2.75) is 20.8 Å². The maximum absolute atomic E-state index is 11.8. The minimum absolute atomic E-state index is 0.410. The highest BCUT2D eigenvalue weighted by molar-refractivity contribution is 5.94. The number of aromatic nitrogens is 2. The molecule has 2 N–H and O–H groups in total. The molecule has 1 heterocycles. The molecule has 2 aromatic rings. The maximum Gasteiger partial charge on any atom is 0.340 e. The zero-order valence-corrected chi connectivity index (χ0v) is 11.5. The van der Waals surface area contributed by atoms with Gasteiger partial charge in [-0.3, -0.25) is 0 Å². The van der Waals surface area contributed by atoms with E-state index in [-0.39, 0.29) is 0 Å². The highest BCUT2D eigenvalue weighted by atomic mass is 16.5. The summed E-state index contributed by atoms with van der Waals surface area (Å²) in [6, 6.07) is 5.13. The minimum Gasteiger partial charge on any atom is -0.465 e. The Morgan fingerprint density at radius 2 is 2.00 bits per heavy atom. The predicted molar refractivity (Wildman–Crippen MR) is 73.5 cm³/mol. The van der Waals surface area contributed by atoms with Gasteiger partial charge < -0.3 is 10.5 Å². The molecule has 1 aromatic heterocycles. The Balaban J connectivity index is 2.68. The Labute approximate surface area is 112 Å². The van der Waals surface area contributed by atoms with Crippen LogP contribution in [0.2, 0.25) is 0 Å². The Bertz CT molecular complexity index is 644. The lowest BCUT2D eigenvalue weighted by molar-refractivity contribution is 0.0600. The third-order valence-corrected chi connectivity index (χ3v) is 3.31. The topological polar surface area (TPSA) is 70.1 Å². The lowest BCUT2D eigenvalue weighted by atomic mass is 10.1. The molecule has 0 aliphatic heterocycles. The Kier molecular flexibility index (Phi) is 3.29. The smallest absolute Gasteiger partial charge is 0.340 e. The molecule has 0 bridgehead atoms. The monoisotopic (exact) mass is 259 g/mol. The van der Waals surface area contributed by atoms with Crippen LogP contribution in [0.3, 0.4) is 0 Å². The molecule has 0 unspecified atom stereocenters. The van der Waals surface area contributed by atoms with E-state index in [0.717, 1.165) is 17.0 Å². The van der Waals surface area contributed by atoms with Gasteiger partial charge in [-0.1, -0.05) is 0 Å². The van der Waals surface area contributed by atoms with Crippen LogP contribution in [0.4, 0.5) is 5.69 Å². The van der Waals surface area contributed by atoms with Crippen LogP contribution in [-0.4, -0.2) is 22.9 Å². The van der Waals surface area contributed by atoms with Crippen LogP contribution in [0, 0.1) is 20.8 Å². The first-order valence-corrected chi connectivity index (χ1v) is 5.96. The standard InChI is InChI=1S/C14H17N3O2/c1-8-9(2)16-17(10(8)3)13-6-5-11(15)7-12(13)14(18)19-4/h5-7H,15H2,1-4H3. The van der Waals surface area contributed by atoms with E-state index >= 15 is 0 Å². The van der Waals surface area contributed by atoms with Gasteiger partial charge in [-0.05, 0) is 44.5 Å². The second-order valence-electron chi connectivity index (χ2n) is 4.48. The lowest BCUT2D eigenvalue weighted by Gasteiger charge is -2.10. The van der Waals surface area contributed by atoms with Crippen LogP contribution in [0.5, 0.6) is 0 Å². The quantitative estimate of drug-likeness (QED) is 0.662. The van der Waals surface area contributed by atoms with Crippen molar-refractivity contribution in [3.8, 4) is 5.69 Å². The molecule has 2 rings (SSSR count). The third-order valence-electron chi connectivity index (χ3n) is 3.31. The molecule has 19 heavy (non-hydrogen) atoms. The van der Waals surface area contributed by atoms with Gasteiger partial charge in [0.15, 0.2) is 0 Å². The largest absolute Gasteiger partial charge is 0.465 e.